The van der Waals surface area contributed by atoms with Crippen molar-refractivity contribution in [3.63, 3.8) is 0 Å². The van der Waals surface area contributed by atoms with Crippen molar-refractivity contribution >= 4 is 23.2 Å². The molecule has 0 aromatic heterocycles. The topological polar surface area (TPSA) is 77.1 Å². The number of hydrogen-bond donors (Lipinski definition) is 1. The van der Waals surface area contributed by atoms with E-state index in [9.17, 15) is 9.59 Å². The molecule has 1 heterocycles. The maximum absolute atomic E-state index is 12.9. The molecule has 1 aliphatic heterocycles. The number of nitrogens with one attached hydrogen (secondary N) is 1. The highest BCUT2D eigenvalue weighted by Gasteiger charge is 2.31. The van der Waals surface area contributed by atoms with Crippen molar-refractivity contribution in [3.05, 3.63) is 78.4 Å². The van der Waals surface area contributed by atoms with Crippen LogP contribution in [0, 0.1) is 0 Å². The summed E-state index contributed by atoms with van der Waals surface area (Å²) in [6.45, 7) is 2.16. The van der Waals surface area contributed by atoms with Gasteiger partial charge in [0.15, 0.2) is 12.7 Å². The van der Waals surface area contributed by atoms with Crippen LogP contribution in [-0.2, 0) is 16.0 Å². The van der Waals surface area contributed by atoms with E-state index in [4.69, 9.17) is 14.2 Å². The van der Waals surface area contributed by atoms with Crippen LogP contribution >= 0.6 is 0 Å². The minimum atomic E-state index is -0.555. The van der Waals surface area contributed by atoms with E-state index in [1.165, 1.54) is 5.56 Å². The van der Waals surface area contributed by atoms with Gasteiger partial charge in [-0.25, -0.2) is 0 Å². The van der Waals surface area contributed by atoms with Gasteiger partial charge in [0.2, 0.25) is 0 Å². The molecule has 0 fully saturated rings. The fourth-order valence-electron chi connectivity index (χ4n) is 3.84. The summed E-state index contributed by atoms with van der Waals surface area (Å²) in [5.41, 5.74) is 2.45. The lowest BCUT2D eigenvalue weighted by molar-refractivity contribution is -0.125. The summed E-state index contributed by atoms with van der Waals surface area (Å²) in [6, 6.07) is 22.5. The highest BCUT2D eigenvalue weighted by atomic mass is 16.5. The summed E-state index contributed by atoms with van der Waals surface area (Å²) in [7, 11) is 1.57. The molecule has 7 heteroatoms. The van der Waals surface area contributed by atoms with Gasteiger partial charge in [0, 0.05) is 18.3 Å². The first-order chi connectivity index (χ1) is 16.5. The van der Waals surface area contributed by atoms with Gasteiger partial charge in [-0.15, -0.1) is 0 Å². The van der Waals surface area contributed by atoms with E-state index in [-0.39, 0.29) is 18.4 Å². The molecule has 1 N–H and O–H groups in total. The minimum Gasteiger partial charge on any atom is -0.497 e. The van der Waals surface area contributed by atoms with Gasteiger partial charge in [0.1, 0.15) is 17.2 Å². The number of amides is 2. The maximum atomic E-state index is 12.9. The summed E-state index contributed by atoms with van der Waals surface area (Å²) < 4.78 is 16.5. The predicted octanol–water partition coefficient (Wildman–Crippen LogP) is 4.46. The van der Waals surface area contributed by atoms with Crippen LogP contribution in [0.5, 0.6) is 17.2 Å². The second-order valence-electron chi connectivity index (χ2n) is 8.04. The smallest absolute Gasteiger partial charge is 0.267 e. The molecule has 1 atom stereocenters. The van der Waals surface area contributed by atoms with Gasteiger partial charge in [0.25, 0.3) is 11.8 Å². The van der Waals surface area contributed by atoms with Crippen molar-refractivity contribution in [3.8, 4) is 17.2 Å². The highest BCUT2D eigenvalue weighted by molar-refractivity contribution is 6.01. The van der Waals surface area contributed by atoms with Gasteiger partial charge >= 0.3 is 0 Å². The molecule has 0 saturated heterocycles. The van der Waals surface area contributed by atoms with Crippen LogP contribution < -0.4 is 24.4 Å². The van der Waals surface area contributed by atoms with E-state index < -0.39 is 6.10 Å². The predicted molar refractivity (Wildman–Crippen MR) is 131 cm³/mol. The van der Waals surface area contributed by atoms with Gasteiger partial charge < -0.3 is 24.4 Å². The Bertz CT molecular complexity index is 1150. The van der Waals surface area contributed by atoms with Crippen molar-refractivity contribution in [1.29, 1.82) is 0 Å². The molecule has 0 aliphatic carbocycles. The van der Waals surface area contributed by atoms with Crippen LogP contribution in [0.15, 0.2) is 72.8 Å². The first-order valence-electron chi connectivity index (χ1n) is 11.3. The van der Waals surface area contributed by atoms with Gasteiger partial charge in [-0.05, 0) is 55.7 Å². The van der Waals surface area contributed by atoms with Crippen molar-refractivity contribution in [1.82, 2.24) is 0 Å². The van der Waals surface area contributed by atoms with Crippen molar-refractivity contribution in [2.75, 3.05) is 30.5 Å². The molecule has 34 heavy (non-hydrogen) atoms. The number of ether oxygens (including phenoxy) is 3. The summed E-state index contributed by atoms with van der Waals surface area (Å²) in [5.74, 6) is 1.41. The molecule has 1 aliphatic rings. The molecule has 0 spiro atoms. The van der Waals surface area contributed by atoms with E-state index >= 15 is 0 Å². The zero-order chi connectivity index (χ0) is 23.9. The van der Waals surface area contributed by atoms with Crippen LogP contribution in [0.1, 0.15) is 18.9 Å². The third-order valence-electron chi connectivity index (χ3n) is 5.55. The number of methoxy groups -OCH3 is 1. The lowest BCUT2D eigenvalue weighted by Gasteiger charge is -2.33. The summed E-state index contributed by atoms with van der Waals surface area (Å²) in [4.78, 5) is 27.1. The minimum absolute atomic E-state index is 0.0922. The van der Waals surface area contributed by atoms with E-state index in [1.54, 1.807) is 61.4 Å². The van der Waals surface area contributed by atoms with E-state index in [1.807, 2.05) is 18.2 Å². The number of hydrogen-bond acceptors (Lipinski definition) is 5. The van der Waals surface area contributed by atoms with Crippen LogP contribution in [0.25, 0.3) is 0 Å². The number of fused-ring (bicyclic) bond motifs is 1. The second kappa shape index (κ2) is 10.7. The van der Waals surface area contributed by atoms with Gasteiger partial charge in [0.05, 0.1) is 12.8 Å². The first kappa shape index (κ1) is 23.2. The van der Waals surface area contributed by atoms with Crippen molar-refractivity contribution in [2.45, 2.75) is 25.9 Å². The highest BCUT2D eigenvalue weighted by Crippen LogP contribution is 2.36. The normalized spacial score (nSPS) is 14.7. The van der Waals surface area contributed by atoms with Gasteiger partial charge in [-0.1, -0.05) is 36.4 Å². The van der Waals surface area contributed by atoms with Crippen LogP contribution in [-0.4, -0.2) is 38.2 Å². The average Bonchev–Trinajstić information content (AvgIpc) is 2.86. The first-order valence-corrected chi connectivity index (χ1v) is 11.3. The number of rotatable bonds is 9. The molecule has 3 aromatic carbocycles. The summed E-state index contributed by atoms with van der Waals surface area (Å²) in [5, 5.41) is 2.83. The Morgan fingerprint density at radius 3 is 2.62 bits per heavy atom. The number of aryl methyl sites for hydroxylation is 1. The van der Waals surface area contributed by atoms with Crippen LogP contribution in [0.4, 0.5) is 11.4 Å². The largest absolute Gasteiger partial charge is 0.497 e. The second-order valence-corrected chi connectivity index (χ2v) is 8.04. The number of benzene rings is 3. The molecule has 3 aromatic rings. The maximum Gasteiger partial charge on any atom is 0.267 e. The van der Waals surface area contributed by atoms with Crippen molar-refractivity contribution < 1.29 is 23.8 Å². The SMILES string of the molecule is COc1cccc(OCC(=O)Nc2ccc3c(c2)N(CCCc2ccccc2)C(=O)C(C)O3)c1. The van der Waals surface area contributed by atoms with Crippen LogP contribution in [0.3, 0.4) is 0 Å². The number of carbonyl (C=O) groups is 2. The lowest BCUT2D eigenvalue weighted by Crippen LogP contribution is -2.45. The quantitative estimate of drug-likeness (QED) is 0.510. The summed E-state index contributed by atoms with van der Waals surface area (Å²) >= 11 is 0. The Labute approximate surface area is 199 Å². The average molecular weight is 461 g/mol. The molecule has 2 amide bonds. The molecular formula is C27H28N2O5. The van der Waals surface area contributed by atoms with Gasteiger partial charge in [-0.3, -0.25) is 9.59 Å². The zero-order valence-corrected chi connectivity index (χ0v) is 19.3. The molecule has 176 valence electrons. The number of carbonyl (C=O) groups excluding carboxylic acids is 2. The number of anilines is 2. The third-order valence-corrected chi connectivity index (χ3v) is 5.55. The molecule has 0 saturated carbocycles. The monoisotopic (exact) mass is 460 g/mol. The lowest BCUT2D eigenvalue weighted by atomic mass is 10.1. The molecular weight excluding hydrogens is 432 g/mol. The molecule has 0 radical (unpaired) electrons. The third kappa shape index (κ3) is 5.67. The molecule has 0 bridgehead atoms. The summed E-state index contributed by atoms with van der Waals surface area (Å²) in [6.07, 6.45) is 1.13. The van der Waals surface area contributed by atoms with Gasteiger partial charge in [-0.2, -0.15) is 0 Å². The number of nitrogens with zero attached hydrogens (tertiary/aromatic N) is 1. The Hall–Kier alpha value is -4.00. The molecule has 4 rings (SSSR count). The Morgan fingerprint density at radius 1 is 1.03 bits per heavy atom. The van der Waals surface area contributed by atoms with Crippen LogP contribution in [0.2, 0.25) is 0 Å². The zero-order valence-electron chi connectivity index (χ0n) is 19.3. The standard InChI is InChI=1S/C27H28N2O5/c1-19-27(31)29(15-7-10-20-8-4-3-5-9-20)24-16-21(13-14-25(24)34-19)28-26(30)18-33-23-12-6-11-22(17-23)32-2/h3-6,8-9,11-14,16-17,19H,7,10,15,18H2,1-2H3,(H,28,30). The fourth-order valence-corrected chi connectivity index (χ4v) is 3.84. The van der Waals surface area contributed by atoms with E-state index in [0.29, 0.717) is 35.2 Å². The molecule has 7 nitrogen and oxygen atoms in total. The Kier molecular flexibility index (Phi) is 7.32. The Morgan fingerprint density at radius 2 is 1.82 bits per heavy atom. The Balaban J connectivity index is 1.41. The fraction of sp³-hybridized carbons (Fsp3) is 0.259. The van der Waals surface area contributed by atoms with E-state index in [0.717, 1.165) is 12.8 Å². The van der Waals surface area contributed by atoms with Crippen molar-refractivity contribution in [2.24, 2.45) is 0 Å². The molecule has 1 unspecified atom stereocenters. The van der Waals surface area contributed by atoms with E-state index in [2.05, 4.69) is 17.4 Å².